The number of ether oxygens (including phenoxy) is 2. The van der Waals surface area contributed by atoms with Gasteiger partial charge in [-0.05, 0) is 103 Å². The molecule has 64 heavy (non-hydrogen) atoms. The number of nitro benzene ring substituents is 1. The maximum absolute atomic E-state index is 14.3. The second-order valence-electron chi connectivity index (χ2n) is 17.9. The fourth-order valence-corrected chi connectivity index (χ4v) is 10.5. The minimum absolute atomic E-state index is 0.118. The van der Waals surface area contributed by atoms with Gasteiger partial charge in [0.2, 0.25) is 0 Å². The van der Waals surface area contributed by atoms with Crippen LogP contribution in [0, 0.1) is 21.4 Å². The maximum Gasteiger partial charge on any atom is 0.293 e. The lowest BCUT2D eigenvalue weighted by molar-refractivity contribution is -0.384. The number of imidazole rings is 1. The lowest BCUT2D eigenvalue weighted by Crippen LogP contribution is -2.47. The number of H-pyrrole nitrogens is 1. The van der Waals surface area contributed by atoms with Gasteiger partial charge in [-0.3, -0.25) is 19.8 Å². The first-order valence-corrected chi connectivity index (χ1v) is 23.8. The van der Waals surface area contributed by atoms with E-state index in [1.165, 1.54) is 28.8 Å². The van der Waals surface area contributed by atoms with E-state index in [1.807, 2.05) is 41.3 Å². The van der Waals surface area contributed by atoms with Gasteiger partial charge in [-0.15, -0.1) is 0 Å². The number of rotatable bonds is 12. The summed E-state index contributed by atoms with van der Waals surface area (Å²) in [5.74, 6) is -0.000734. The smallest absolute Gasteiger partial charge is 0.293 e. The average Bonchev–Trinajstić information content (AvgIpc) is 3.76. The van der Waals surface area contributed by atoms with Crippen LogP contribution >= 0.6 is 11.6 Å². The molecule has 2 fully saturated rings. The molecule has 0 saturated carbocycles. The Bertz CT molecular complexity index is 2710. The number of nitrogens with zero attached hydrogens (tertiary/aromatic N) is 5. The molecule has 4 aromatic carbocycles. The Morgan fingerprint density at radius 1 is 0.969 bits per heavy atom. The van der Waals surface area contributed by atoms with Crippen molar-refractivity contribution < 1.29 is 27.6 Å². The number of benzene rings is 4. The van der Waals surface area contributed by atoms with Crippen molar-refractivity contribution in [1.82, 2.24) is 19.6 Å². The Morgan fingerprint density at radius 2 is 1.75 bits per heavy atom. The van der Waals surface area contributed by atoms with Crippen molar-refractivity contribution in [3.8, 4) is 5.75 Å². The number of hydrogen-bond donors (Lipinski definition) is 3. The van der Waals surface area contributed by atoms with Crippen molar-refractivity contribution in [3.63, 3.8) is 0 Å². The minimum Gasteiger partial charge on any atom is -0.489 e. The summed E-state index contributed by atoms with van der Waals surface area (Å²) in [5, 5.41) is 16.0. The minimum atomic E-state index is -4.56. The molecule has 0 radical (unpaired) electrons. The molecule has 4 heterocycles. The molecule has 15 nitrogen and oxygen atoms in total. The van der Waals surface area contributed by atoms with Gasteiger partial charge in [0.05, 0.1) is 50.7 Å². The molecular formula is C47H53ClN8O7S. The summed E-state index contributed by atoms with van der Waals surface area (Å²) in [5.41, 5.74) is 7.85. The third-order valence-electron chi connectivity index (χ3n) is 13.0. The molecule has 2 saturated heterocycles. The van der Waals surface area contributed by atoms with E-state index < -0.39 is 31.4 Å². The molecule has 0 atom stereocenters. The average molecular weight is 910 g/mol. The predicted molar refractivity (Wildman–Crippen MR) is 249 cm³/mol. The van der Waals surface area contributed by atoms with E-state index >= 15 is 0 Å². The first kappa shape index (κ1) is 43.6. The van der Waals surface area contributed by atoms with Gasteiger partial charge in [-0.25, -0.2) is 18.1 Å². The van der Waals surface area contributed by atoms with Crippen LogP contribution in [0.4, 0.5) is 28.4 Å². The predicted octanol–water partition coefficient (Wildman–Crippen LogP) is 8.40. The topological polar surface area (TPSA) is 175 Å². The van der Waals surface area contributed by atoms with Crippen molar-refractivity contribution in [2.75, 3.05) is 80.8 Å². The number of piperazine rings is 1. The summed E-state index contributed by atoms with van der Waals surface area (Å²) in [7, 11) is -4.56. The second-order valence-corrected chi connectivity index (χ2v) is 20.1. The standard InChI is InChI=1S/C47H53ClN8O7S/c1-47(2)14-11-33(38(27-47)32-3-5-34(48)6-4-32)29-53-15-17-54(18-16-53)35-7-9-37(42(23-35)55-19-22-63-45-26-41-40(25-44(45)55)50-30-51-41)46(57)52-64(60,61)36-8-10-39(43(24-36)56(58)59)49-28-31-12-20-62-21-13-31/h3-10,23-26,30-31,49H,11-22,27-29H2,1-2H3,(H,50,51)(H,52,57). The number of aromatic amines is 1. The Labute approximate surface area is 378 Å². The third-order valence-corrected chi connectivity index (χ3v) is 14.6. The molecule has 5 aromatic rings. The summed E-state index contributed by atoms with van der Waals surface area (Å²) in [6, 6.07) is 21.1. The summed E-state index contributed by atoms with van der Waals surface area (Å²) in [6.45, 7) is 11.2. The fourth-order valence-electron chi connectivity index (χ4n) is 9.35. The molecule has 3 aliphatic heterocycles. The molecule has 17 heteroatoms. The summed E-state index contributed by atoms with van der Waals surface area (Å²) in [4.78, 5) is 39.8. The number of nitrogens with one attached hydrogen (secondary N) is 3. The Morgan fingerprint density at radius 3 is 2.52 bits per heavy atom. The Balaban J connectivity index is 0.975. The molecular weight excluding hydrogens is 856 g/mol. The van der Waals surface area contributed by atoms with Gasteiger partial charge >= 0.3 is 0 Å². The van der Waals surface area contributed by atoms with Crippen LogP contribution in [0.25, 0.3) is 16.6 Å². The molecule has 0 unspecified atom stereocenters. The number of sulfonamides is 1. The van der Waals surface area contributed by atoms with Crippen LogP contribution in [0.5, 0.6) is 5.75 Å². The fraction of sp³-hybridized carbons (Fsp3) is 0.404. The highest BCUT2D eigenvalue weighted by molar-refractivity contribution is 7.90. The number of amides is 1. The van der Waals surface area contributed by atoms with Crippen LogP contribution < -0.4 is 24.6 Å². The summed E-state index contributed by atoms with van der Waals surface area (Å²) in [6.07, 6.45) is 6.47. The highest BCUT2D eigenvalue weighted by atomic mass is 35.5. The summed E-state index contributed by atoms with van der Waals surface area (Å²) < 4.78 is 41.5. The molecule has 1 aliphatic carbocycles. The van der Waals surface area contributed by atoms with Crippen LogP contribution in [0.1, 0.15) is 61.9 Å². The van der Waals surface area contributed by atoms with Gasteiger partial charge in [0.1, 0.15) is 18.0 Å². The van der Waals surface area contributed by atoms with Crippen LogP contribution in [0.2, 0.25) is 5.02 Å². The first-order valence-electron chi connectivity index (χ1n) is 21.9. The molecule has 3 N–H and O–H groups in total. The van der Waals surface area contributed by atoms with E-state index in [-0.39, 0.29) is 22.6 Å². The lowest BCUT2D eigenvalue weighted by Gasteiger charge is -2.40. The zero-order valence-electron chi connectivity index (χ0n) is 36.1. The normalized spacial score (nSPS) is 18.4. The Hall–Kier alpha value is -5.68. The Kier molecular flexibility index (Phi) is 12.3. The summed E-state index contributed by atoms with van der Waals surface area (Å²) >= 11 is 6.26. The van der Waals surface area contributed by atoms with Crippen LogP contribution in [0.3, 0.4) is 0 Å². The zero-order valence-corrected chi connectivity index (χ0v) is 37.6. The molecule has 0 bridgehead atoms. The van der Waals surface area contributed by atoms with Crippen molar-refractivity contribution in [1.29, 1.82) is 0 Å². The molecule has 4 aliphatic rings. The quantitative estimate of drug-likeness (QED) is 0.0807. The van der Waals surface area contributed by atoms with E-state index in [4.69, 9.17) is 21.1 Å². The zero-order chi connectivity index (χ0) is 44.6. The maximum atomic E-state index is 14.3. The number of nitro groups is 1. The first-order chi connectivity index (χ1) is 30.8. The second kappa shape index (κ2) is 18.1. The number of anilines is 4. The van der Waals surface area contributed by atoms with E-state index in [0.29, 0.717) is 55.6 Å². The van der Waals surface area contributed by atoms with Crippen LogP contribution in [-0.4, -0.2) is 99.8 Å². The van der Waals surface area contributed by atoms with Gasteiger partial charge in [0.15, 0.2) is 0 Å². The number of fused-ring (bicyclic) bond motifs is 2. The van der Waals surface area contributed by atoms with Gasteiger partial charge in [0, 0.05) is 75.3 Å². The van der Waals surface area contributed by atoms with Crippen LogP contribution in [0.15, 0.2) is 89.6 Å². The van der Waals surface area contributed by atoms with Gasteiger partial charge in [-0.1, -0.05) is 43.2 Å². The van der Waals surface area contributed by atoms with Crippen LogP contribution in [-0.2, 0) is 14.8 Å². The number of halogens is 1. The van der Waals surface area contributed by atoms with E-state index in [1.54, 1.807) is 12.4 Å². The molecule has 1 amide bonds. The number of allylic oxidation sites excluding steroid dienone is 1. The number of carbonyl (C=O) groups is 1. The molecule has 336 valence electrons. The highest BCUT2D eigenvalue weighted by Gasteiger charge is 2.32. The number of carbonyl (C=O) groups excluding carboxylic acids is 1. The van der Waals surface area contributed by atoms with Crippen molar-refractivity contribution in [2.45, 2.75) is 50.8 Å². The van der Waals surface area contributed by atoms with Gasteiger partial charge < -0.3 is 29.6 Å². The van der Waals surface area contributed by atoms with Crippen molar-refractivity contribution >= 4 is 72.6 Å². The molecule has 1 aromatic heterocycles. The van der Waals surface area contributed by atoms with Gasteiger partial charge in [-0.2, -0.15) is 0 Å². The SMILES string of the molecule is CC1(C)CCC(CN2CCN(c3ccc(C(=O)NS(=O)(=O)c4ccc(NCC5CCOCC5)c([N+](=O)[O-])c4)c(N4CCOc5cc6[nH]cnc6cc54)c3)CC2)=C(c2ccc(Cl)cc2)C1. The number of aromatic nitrogens is 2. The van der Waals surface area contributed by atoms with Crippen molar-refractivity contribution in [2.24, 2.45) is 11.3 Å². The molecule has 9 rings (SSSR count). The third kappa shape index (κ3) is 9.41. The highest BCUT2D eigenvalue weighted by Crippen LogP contribution is 2.44. The largest absolute Gasteiger partial charge is 0.489 e. The van der Waals surface area contributed by atoms with Crippen molar-refractivity contribution in [3.05, 3.63) is 111 Å². The van der Waals surface area contributed by atoms with E-state index in [2.05, 4.69) is 55.8 Å². The van der Waals surface area contributed by atoms with E-state index in [0.717, 1.165) is 87.1 Å². The lowest BCUT2D eigenvalue weighted by atomic mass is 9.72. The van der Waals surface area contributed by atoms with Gasteiger partial charge in [0.25, 0.3) is 21.6 Å². The monoisotopic (exact) mass is 908 g/mol. The number of hydrogen-bond acceptors (Lipinski definition) is 12. The van der Waals surface area contributed by atoms with E-state index in [9.17, 15) is 23.3 Å². The molecule has 0 spiro atoms.